The minimum absolute atomic E-state index is 0.00560. The van der Waals surface area contributed by atoms with Crippen LogP contribution in [0.3, 0.4) is 0 Å². The van der Waals surface area contributed by atoms with Gasteiger partial charge in [-0.15, -0.1) is 0 Å². The summed E-state index contributed by atoms with van der Waals surface area (Å²) in [4.78, 5) is 12.5. The molecule has 0 radical (unpaired) electrons. The molecule has 23 heavy (non-hydrogen) atoms. The zero-order valence-electron chi connectivity index (χ0n) is 15.7. The van der Waals surface area contributed by atoms with Crippen LogP contribution in [0.4, 0.5) is 0 Å². The number of rotatable bonds is 8. The van der Waals surface area contributed by atoms with E-state index in [2.05, 4.69) is 76.4 Å². The fourth-order valence-corrected chi connectivity index (χ4v) is 2.63. The summed E-state index contributed by atoms with van der Waals surface area (Å²) in [7, 11) is 0. The molecule has 0 aliphatic carbocycles. The van der Waals surface area contributed by atoms with E-state index in [0.717, 1.165) is 19.4 Å². The SMILES string of the molecule is CC[C@](Cc1ccccc1)(NCC(C)C)NC(=O)CC(C)(C)C. The number of benzene rings is 1. The van der Waals surface area contributed by atoms with Gasteiger partial charge in [-0.2, -0.15) is 0 Å². The molecule has 0 aliphatic heterocycles. The fourth-order valence-electron chi connectivity index (χ4n) is 2.63. The highest BCUT2D eigenvalue weighted by molar-refractivity contribution is 5.77. The molecule has 0 saturated heterocycles. The first-order valence-corrected chi connectivity index (χ1v) is 8.76. The van der Waals surface area contributed by atoms with E-state index >= 15 is 0 Å². The van der Waals surface area contributed by atoms with E-state index in [0.29, 0.717) is 12.3 Å². The van der Waals surface area contributed by atoms with Gasteiger partial charge in [-0.05, 0) is 29.9 Å². The molecule has 0 heterocycles. The Kier molecular flexibility index (Phi) is 7.27. The molecule has 2 N–H and O–H groups in total. The summed E-state index contributed by atoms with van der Waals surface area (Å²) in [6.07, 6.45) is 2.18. The molecule has 0 bridgehead atoms. The summed E-state index contributed by atoms with van der Waals surface area (Å²) in [5.74, 6) is 0.655. The summed E-state index contributed by atoms with van der Waals surface area (Å²) < 4.78 is 0. The number of carbonyl (C=O) groups excluding carboxylic acids is 1. The summed E-state index contributed by atoms with van der Waals surface area (Å²) >= 11 is 0. The third kappa shape index (κ3) is 7.65. The van der Waals surface area contributed by atoms with Gasteiger partial charge in [0.05, 0.1) is 5.66 Å². The number of nitrogens with one attached hydrogen (secondary N) is 2. The Morgan fingerprint density at radius 2 is 1.74 bits per heavy atom. The van der Waals surface area contributed by atoms with Crippen LogP contribution in [0.2, 0.25) is 0 Å². The third-order valence-electron chi connectivity index (χ3n) is 3.87. The molecule has 1 aromatic carbocycles. The Labute approximate surface area is 142 Å². The predicted octanol–water partition coefficient (Wildman–Crippen LogP) is 4.13. The van der Waals surface area contributed by atoms with E-state index in [4.69, 9.17) is 0 Å². The van der Waals surface area contributed by atoms with Gasteiger partial charge in [-0.25, -0.2) is 0 Å². The topological polar surface area (TPSA) is 41.1 Å². The quantitative estimate of drug-likeness (QED) is 0.708. The lowest BCUT2D eigenvalue weighted by molar-refractivity contribution is -0.125. The lowest BCUT2D eigenvalue weighted by Crippen LogP contribution is -2.61. The van der Waals surface area contributed by atoms with Crippen molar-refractivity contribution in [1.82, 2.24) is 10.6 Å². The van der Waals surface area contributed by atoms with Crippen molar-refractivity contribution in [3.8, 4) is 0 Å². The zero-order chi connectivity index (χ0) is 17.5. The first kappa shape index (κ1) is 19.7. The smallest absolute Gasteiger partial charge is 0.221 e. The van der Waals surface area contributed by atoms with Gasteiger partial charge in [0.1, 0.15) is 0 Å². The highest BCUT2D eigenvalue weighted by Gasteiger charge is 2.31. The summed E-state index contributed by atoms with van der Waals surface area (Å²) in [6.45, 7) is 13.7. The summed E-state index contributed by atoms with van der Waals surface area (Å²) in [6, 6.07) is 10.4. The monoisotopic (exact) mass is 318 g/mol. The summed E-state index contributed by atoms with van der Waals surface area (Å²) in [5, 5.41) is 6.91. The molecule has 1 aromatic rings. The second kappa shape index (κ2) is 8.49. The second-order valence-electron chi connectivity index (χ2n) is 8.16. The Morgan fingerprint density at radius 1 is 1.13 bits per heavy atom. The van der Waals surface area contributed by atoms with Crippen molar-refractivity contribution < 1.29 is 4.79 Å². The van der Waals surface area contributed by atoms with Gasteiger partial charge in [0.15, 0.2) is 0 Å². The number of hydrogen-bond acceptors (Lipinski definition) is 2. The van der Waals surface area contributed by atoms with Crippen LogP contribution in [0.25, 0.3) is 0 Å². The van der Waals surface area contributed by atoms with Crippen LogP contribution < -0.4 is 10.6 Å². The van der Waals surface area contributed by atoms with Crippen molar-refractivity contribution in [3.63, 3.8) is 0 Å². The molecule has 0 spiro atoms. The van der Waals surface area contributed by atoms with E-state index < -0.39 is 0 Å². The van der Waals surface area contributed by atoms with Crippen LogP contribution in [-0.4, -0.2) is 18.1 Å². The number of amides is 1. The van der Waals surface area contributed by atoms with Gasteiger partial charge < -0.3 is 5.32 Å². The number of carbonyl (C=O) groups is 1. The Balaban J connectivity index is 2.91. The highest BCUT2D eigenvalue weighted by Crippen LogP contribution is 2.21. The van der Waals surface area contributed by atoms with E-state index in [1.165, 1.54) is 5.56 Å². The lowest BCUT2D eigenvalue weighted by Gasteiger charge is -2.37. The highest BCUT2D eigenvalue weighted by atomic mass is 16.1. The number of hydrogen-bond donors (Lipinski definition) is 2. The predicted molar refractivity (Wildman–Crippen MR) is 98.2 cm³/mol. The molecule has 3 nitrogen and oxygen atoms in total. The van der Waals surface area contributed by atoms with Gasteiger partial charge in [0.25, 0.3) is 0 Å². The first-order valence-electron chi connectivity index (χ1n) is 8.76. The zero-order valence-corrected chi connectivity index (χ0v) is 15.7. The minimum atomic E-state index is -0.381. The standard InChI is InChI=1S/C20H34N2O/c1-7-20(21-15-16(2)3,13-17-11-9-8-10-12-17)22-18(23)14-19(4,5)6/h8-12,16,21H,7,13-15H2,1-6H3,(H,22,23)/t20-/m0/s1. The lowest BCUT2D eigenvalue weighted by atomic mass is 9.90. The van der Waals surface area contributed by atoms with E-state index in [9.17, 15) is 4.79 Å². The van der Waals surface area contributed by atoms with Gasteiger partial charge in [0, 0.05) is 12.8 Å². The average Bonchev–Trinajstić information content (AvgIpc) is 2.44. The van der Waals surface area contributed by atoms with Crippen molar-refractivity contribution in [2.75, 3.05) is 6.54 Å². The molecule has 130 valence electrons. The van der Waals surface area contributed by atoms with Crippen molar-refractivity contribution >= 4 is 5.91 Å². The molecule has 1 atom stereocenters. The Morgan fingerprint density at radius 3 is 2.22 bits per heavy atom. The average molecular weight is 319 g/mol. The second-order valence-corrected chi connectivity index (χ2v) is 8.16. The summed E-state index contributed by atoms with van der Waals surface area (Å²) in [5.41, 5.74) is 0.851. The molecule has 0 unspecified atom stereocenters. The van der Waals surface area contributed by atoms with Crippen molar-refractivity contribution in [2.24, 2.45) is 11.3 Å². The molecule has 1 rings (SSSR count). The first-order chi connectivity index (χ1) is 10.7. The minimum Gasteiger partial charge on any atom is -0.338 e. The maximum absolute atomic E-state index is 12.5. The van der Waals surface area contributed by atoms with Gasteiger partial charge in [-0.1, -0.05) is 71.9 Å². The molecule has 0 saturated carbocycles. The Hall–Kier alpha value is -1.35. The third-order valence-corrected chi connectivity index (χ3v) is 3.87. The van der Waals surface area contributed by atoms with Crippen molar-refractivity contribution in [3.05, 3.63) is 35.9 Å². The van der Waals surface area contributed by atoms with Crippen molar-refractivity contribution in [2.45, 2.75) is 66.5 Å². The fraction of sp³-hybridized carbons (Fsp3) is 0.650. The van der Waals surface area contributed by atoms with Crippen LogP contribution in [0.5, 0.6) is 0 Å². The molecule has 3 heteroatoms. The van der Waals surface area contributed by atoms with Crippen LogP contribution in [-0.2, 0) is 11.2 Å². The molecular weight excluding hydrogens is 284 g/mol. The largest absolute Gasteiger partial charge is 0.338 e. The molecule has 0 fully saturated rings. The van der Waals surface area contributed by atoms with Crippen molar-refractivity contribution in [1.29, 1.82) is 0 Å². The van der Waals surface area contributed by atoms with E-state index in [1.54, 1.807) is 0 Å². The van der Waals surface area contributed by atoms with E-state index in [1.807, 2.05) is 6.07 Å². The van der Waals surface area contributed by atoms with Crippen LogP contribution in [0.15, 0.2) is 30.3 Å². The van der Waals surface area contributed by atoms with Crippen LogP contribution >= 0.6 is 0 Å². The van der Waals surface area contributed by atoms with Gasteiger partial charge in [-0.3, -0.25) is 10.1 Å². The molecular formula is C20H34N2O. The molecule has 0 aromatic heterocycles. The van der Waals surface area contributed by atoms with E-state index in [-0.39, 0.29) is 17.0 Å². The molecule has 0 aliphatic rings. The van der Waals surface area contributed by atoms with Crippen LogP contribution in [0.1, 0.15) is 59.9 Å². The molecule has 1 amide bonds. The van der Waals surface area contributed by atoms with Crippen LogP contribution in [0, 0.1) is 11.3 Å². The van der Waals surface area contributed by atoms with Gasteiger partial charge in [0.2, 0.25) is 5.91 Å². The van der Waals surface area contributed by atoms with Gasteiger partial charge >= 0.3 is 0 Å². The Bertz CT molecular complexity index is 476. The maximum atomic E-state index is 12.5. The maximum Gasteiger partial charge on any atom is 0.221 e. The normalized spacial score (nSPS) is 14.6.